The summed E-state index contributed by atoms with van der Waals surface area (Å²) in [5, 5.41) is 3.12. The van der Waals surface area contributed by atoms with Gasteiger partial charge in [0.15, 0.2) is 0 Å². The van der Waals surface area contributed by atoms with E-state index < -0.39 is 0 Å². The highest BCUT2D eigenvalue weighted by atomic mass is 79.9. The predicted molar refractivity (Wildman–Crippen MR) is 75.9 cm³/mol. The van der Waals surface area contributed by atoms with Gasteiger partial charge < -0.3 is 5.32 Å². The molecule has 0 aromatic heterocycles. The highest BCUT2D eigenvalue weighted by Crippen LogP contribution is 2.15. The zero-order valence-electron chi connectivity index (χ0n) is 10.3. The lowest BCUT2D eigenvalue weighted by Gasteiger charge is -2.07. The molecule has 19 heavy (non-hydrogen) atoms. The van der Waals surface area contributed by atoms with E-state index in [2.05, 4.69) is 21.2 Å². The van der Waals surface area contributed by atoms with Crippen LogP contribution in [0, 0.1) is 11.6 Å². The molecule has 0 radical (unpaired) electrons. The van der Waals surface area contributed by atoms with E-state index in [1.807, 2.05) is 6.07 Å². The van der Waals surface area contributed by atoms with Crippen molar-refractivity contribution in [1.29, 1.82) is 0 Å². The molecular formula is C15H14BrF2N. The average molecular weight is 326 g/mol. The quantitative estimate of drug-likeness (QED) is 0.817. The molecule has 1 N–H and O–H groups in total. The van der Waals surface area contributed by atoms with Gasteiger partial charge in [-0.05, 0) is 42.8 Å². The van der Waals surface area contributed by atoms with Gasteiger partial charge in [0.05, 0.1) is 0 Å². The fraction of sp³-hybridized carbons (Fsp3) is 0.200. The van der Waals surface area contributed by atoms with Crippen molar-refractivity contribution in [2.24, 2.45) is 0 Å². The van der Waals surface area contributed by atoms with Crippen molar-refractivity contribution in [3.05, 3.63) is 69.7 Å². The molecule has 2 aromatic rings. The van der Waals surface area contributed by atoms with Gasteiger partial charge in [-0.2, -0.15) is 0 Å². The maximum absolute atomic E-state index is 13.5. The van der Waals surface area contributed by atoms with Gasteiger partial charge in [0.25, 0.3) is 0 Å². The van der Waals surface area contributed by atoms with E-state index in [-0.39, 0.29) is 11.6 Å². The highest BCUT2D eigenvalue weighted by Gasteiger charge is 2.03. The van der Waals surface area contributed by atoms with E-state index in [0.29, 0.717) is 30.6 Å². The standard InChI is InChI=1S/C15H14BrF2N/c16-13-5-6-15(18)12(9-13)10-19-8-7-11-3-1-2-4-14(11)17/h1-6,9,19H,7-8,10H2. The van der Waals surface area contributed by atoms with Gasteiger partial charge in [-0.15, -0.1) is 0 Å². The molecule has 100 valence electrons. The topological polar surface area (TPSA) is 12.0 Å². The van der Waals surface area contributed by atoms with Crippen LogP contribution in [0.15, 0.2) is 46.9 Å². The number of rotatable bonds is 5. The summed E-state index contributed by atoms with van der Waals surface area (Å²) in [5.41, 5.74) is 1.27. The van der Waals surface area contributed by atoms with Crippen LogP contribution >= 0.6 is 15.9 Å². The van der Waals surface area contributed by atoms with Crippen molar-refractivity contribution in [1.82, 2.24) is 5.32 Å². The normalized spacial score (nSPS) is 10.7. The van der Waals surface area contributed by atoms with Crippen LogP contribution in [-0.4, -0.2) is 6.54 Å². The van der Waals surface area contributed by atoms with Crippen LogP contribution in [0.3, 0.4) is 0 Å². The second-order valence-electron chi connectivity index (χ2n) is 4.25. The maximum Gasteiger partial charge on any atom is 0.127 e. The van der Waals surface area contributed by atoms with Gasteiger partial charge in [-0.3, -0.25) is 0 Å². The van der Waals surface area contributed by atoms with E-state index in [4.69, 9.17) is 0 Å². The molecule has 0 fully saturated rings. The third-order valence-corrected chi connectivity index (χ3v) is 3.35. The minimum absolute atomic E-state index is 0.196. The van der Waals surface area contributed by atoms with Crippen LogP contribution in [-0.2, 0) is 13.0 Å². The smallest absolute Gasteiger partial charge is 0.127 e. The molecule has 0 bridgehead atoms. The van der Waals surface area contributed by atoms with Crippen LogP contribution in [0.2, 0.25) is 0 Å². The highest BCUT2D eigenvalue weighted by molar-refractivity contribution is 9.10. The van der Waals surface area contributed by atoms with Crippen LogP contribution in [0.4, 0.5) is 8.78 Å². The Balaban J connectivity index is 1.84. The van der Waals surface area contributed by atoms with E-state index >= 15 is 0 Å². The Morgan fingerprint density at radius 3 is 2.47 bits per heavy atom. The first-order valence-electron chi connectivity index (χ1n) is 6.05. The molecule has 2 aromatic carbocycles. The Hall–Kier alpha value is -1.26. The van der Waals surface area contributed by atoms with Crippen molar-refractivity contribution in [3.63, 3.8) is 0 Å². The summed E-state index contributed by atoms with van der Waals surface area (Å²) < 4.78 is 27.7. The summed E-state index contributed by atoms with van der Waals surface area (Å²) in [6, 6.07) is 11.5. The molecule has 2 rings (SSSR count). The van der Waals surface area contributed by atoms with Gasteiger partial charge in [-0.1, -0.05) is 34.1 Å². The predicted octanol–water partition coefficient (Wildman–Crippen LogP) is 4.06. The zero-order valence-corrected chi connectivity index (χ0v) is 11.9. The lowest BCUT2D eigenvalue weighted by Crippen LogP contribution is -2.17. The first-order chi connectivity index (χ1) is 9.16. The summed E-state index contributed by atoms with van der Waals surface area (Å²) in [6.45, 7) is 1.03. The van der Waals surface area contributed by atoms with Crippen LogP contribution < -0.4 is 5.32 Å². The van der Waals surface area contributed by atoms with Crippen LogP contribution in [0.1, 0.15) is 11.1 Å². The van der Waals surface area contributed by atoms with Gasteiger partial charge in [0.1, 0.15) is 11.6 Å². The molecule has 0 spiro atoms. The summed E-state index contributed by atoms with van der Waals surface area (Å²) >= 11 is 3.31. The van der Waals surface area contributed by atoms with Crippen LogP contribution in [0.5, 0.6) is 0 Å². The molecule has 0 aliphatic heterocycles. The second-order valence-corrected chi connectivity index (χ2v) is 5.17. The molecule has 0 atom stereocenters. The fourth-order valence-electron chi connectivity index (χ4n) is 1.83. The number of nitrogens with one attached hydrogen (secondary N) is 1. The largest absolute Gasteiger partial charge is 0.312 e. The SMILES string of the molecule is Fc1ccccc1CCNCc1cc(Br)ccc1F. The minimum Gasteiger partial charge on any atom is -0.312 e. The first-order valence-corrected chi connectivity index (χ1v) is 6.84. The van der Waals surface area contributed by atoms with Crippen molar-refractivity contribution < 1.29 is 8.78 Å². The third-order valence-electron chi connectivity index (χ3n) is 2.85. The minimum atomic E-state index is -0.235. The Labute approximate surface area is 119 Å². The third kappa shape index (κ3) is 4.11. The molecule has 0 amide bonds. The number of halogens is 3. The molecule has 1 nitrogen and oxygen atoms in total. The number of hydrogen-bond donors (Lipinski definition) is 1. The molecule has 0 aliphatic rings. The van der Waals surface area contributed by atoms with Gasteiger partial charge in [-0.25, -0.2) is 8.78 Å². The monoisotopic (exact) mass is 325 g/mol. The molecule has 0 heterocycles. The Morgan fingerprint density at radius 1 is 0.947 bits per heavy atom. The summed E-state index contributed by atoms with van der Waals surface area (Å²) in [7, 11) is 0. The first kappa shape index (κ1) is 14.2. The van der Waals surface area contributed by atoms with E-state index in [9.17, 15) is 8.78 Å². The maximum atomic E-state index is 13.5. The number of hydrogen-bond acceptors (Lipinski definition) is 1. The molecule has 0 saturated heterocycles. The summed E-state index contributed by atoms with van der Waals surface area (Å²) in [4.78, 5) is 0. The molecule has 0 aliphatic carbocycles. The molecule has 0 unspecified atom stereocenters. The molecule has 4 heteroatoms. The Morgan fingerprint density at radius 2 is 1.68 bits per heavy atom. The van der Waals surface area contributed by atoms with Crippen molar-refractivity contribution in [3.8, 4) is 0 Å². The van der Waals surface area contributed by atoms with Crippen molar-refractivity contribution in [2.75, 3.05) is 6.54 Å². The second kappa shape index (κ2) is 6.78. The molecular weight excluding hydrogens is 312 g/mol. The van der Waals surface area contributed by atoms with Gasteiger partial charge >= 0.3 is 0 Å². The average Bonchev–Trinajstić information content (AvgIpc) is 2.40. The van der Waals surface area contributed by atoms with Crippen molar-refractivity contribution in [2.45, 2.75) is 13.0 Å². The Kier molecular flexibility index (Phi) is 5.05. The van der Waals surface area contributed by atoms with Crippen LogP contribution in [0.25, 0.3) is 0 Å². The lowest BCUT2D eigenvalue weighted by molar-refractivity contribution is 0.578. The van der Waals surface area contributed by atoms with Gasteiger partial charge in [0, 0.05) is 16.6 Å². The number of benzene rings is 2. The summed E-state index contributed by atoms with van der Waals surface area (Å²) in [5.74, 6) is -0.431. The zero-order chi connectivity index (χ0) is 13.7. The van der Waals surface area contributed by atoms with E-state index in [0.717, 1.165) is 4.47 Å². The summed E-state index contributed by atoms with van der Waals surface area (Å²) in [6.07, 6.45) is 0.586. The lowest BCUT2D eigenvalue weighted by atomic mass is 10.1. The van der Waals surface area contributed by atoms with Gasteiger partial charge in [0.2, 0.25) is 0 Å². The molecule has 0 saturated carbocycles. The van der Waals surface area contributed by atoms with Crippen molar-refractivity contribution >= 4 is 15.9 Å². The van der Waals surface area contributed by atoms with E-state index in [1.54, 1.807) is 24.3 Å². The Bertz CT molecular complexity index is 558. The van der Waals surface area contributed by atoms with E-state index in [1.165, 1.54) is 12.1 Å². The fourth-order valence-corrected chi connectivity index (χ4v) is 2.23.